The van der Waals surface area contributed by atoms with Crippen LogP contribution in [0.15, 0.2) is 30.3 Å². The highest BCUT2D eigenvalue weighted by molar-refractivity contribution is 5.23. The zero-order valence-electron chi connectivity index (χ0n) is 13.5. The maximum Gasteiger partial charge on any atom is 0.0936 e. The highest BCUT2D eigenvalue weighted by Crippen LogP contribution is 2.41. The molecule has 1 saturated heterocycles. The van der Waals surface area contributed by atoms with Crippen LogP contribution in [0.25, 0.3) is 0 Å². The van der Waals surface area contributed by atoms with E-state index >= 15 is 0 Å². The van der Waals surface area contributed by atoms with Crippen LogP contribution in [0.4, 0.5) is 0 Å². The Morgan fingerprint density at radius 2 is 1.59 bits per heavy atom. The maximum atomic E-state index is 11.5. The Kier molecular flexibility index (Phi) is 6.73. The normalized spacial score (nSPS) is 23.0. The summed E-state index contributed by atoms with van der Waals surface area (Å²) in [6.07, 6.45) is 9.82. The second-order valence-electron chi connectivity index (χ2n) is 6.92. The van der Waals surface area contributed by atoms with Gasteiger partial charge in [0, 0.05) is 6.54 Å². The van der Waals surface area contributed by atoms with Gasteiger partial charge in [-0.05, 0) is 56.7 Å². The fourth-order valence-corrected chi connectivity index (χ4v) is 4.23. The fraction of sp³-hybridized carbons (Fsp3) is 0.684. The molecule has 1 aromatic carbocycles. The van der Waals surface area contributed by atoms with Crippen LogP contribution >= 0.6 is 0 Å². The minimum absolute atomic E-state index is 0. The number of benzene rings is 1. The van der Waals surface area contributed by atoms with Gasteiger partial charge in [-0.25, -0.2) is 0 Å². The molecule has 2 aliphatic rings. The van der Waals surface area contributed by atoms with Crippen molar-refractivity contribution < 1.29 is 17.5 Å². The van der Waals surface area contributed by atoms with E-state index in [-0.39, 0.29) is 12.4 Å². The van der Waals surface area contributed by atoms with E-state index in [0.29, 0.717) is 5.92 Å². The molecule has 2 nitrogen and oxygen atoms in total. The van der Waals surface area contributed by atoms with Gasteiger partial charge in [0.05, 0.1) is 5.60 Å². The van der Waals surface area contributed by atoms with Gasteiger partial charge in [0.15, 0.2) is 0 Å². The van der Waals surface area contributed by atoms with Gasteiger partial charge in [0.25, 0.3) is 0 Å². The molecule has 0 radical (unpaired) electrons. The second kappa shape index (κ2) is 8.33. The van der Waals surface area contributed by atoms with Crippen LogP contribution in [0.3, 0.4) is 0 Å². The molecule has 0 spiro atoms. The van der Waals surface area contributed by atoms with E-state index in [1.807, 2.05) is 6.07 Å². The lowest BCUT2D eigenvalue weighted by atomic mass is 9.71. The van der Waals surface area contributed by atoms with Crippen LogP contribution < -0.4 is 12.4 Å². The summed E-state index contributed by atoms with van der Waals surface area (Å²) in [7, 11) is 0. The number of aliphatic hydroxyl groups is 1. The highest BCUT2D eigenvalue weighted by Gasteiger charge is 2.38. The van der Waals surface area contributed by atoms with E-state index in [0.717, 1.165) is 18.5 Å². The average Bonchev–Trinajstić information content (AvgIpc) is 3.08. The summed E-state index contributed by atoms with van der Waals surface area (Å²) in [6, 6.07) is 10.4. The summed E-state index contributed by atoms with van der Waals surface area (Å²) in [6.45, 7) is 3.48. The summed E-state index contributed by atoms with van der Waals surface area (Å²) >= 11 is 0. The maximum absolute atomic E-state index is 11.5. The van der Waals surface area contributed by atoms with Gasteiger partial charge >= 0.3 is 0 Å². The molecule has 22 heavy (non-hydrogen) atoms. The fourth-order valence-electron chi connectivity index (χ4n) is 4.23. The molecule has 1 heterocycles. The number of likely N-dealkylation sites (tertiary alicyclic amines) is 1. The first-order valence-electron chi connectivity index (χ1n) is 8.79. The van der Waals surface area contributed by atoms with Gasteiger partial charge in [-0.1, -0.05) is 49.6 Å². The predicted molar refractivity (Wildman–Crippen MR) is 87.2 cm³/mol. The quantitative estimate of drug-likeness (QED) is 0.872. The second-order valence-corrected chi connectivity index (χ2v) is 6.92. The molecule has 2 fully saturated rings. The first-order chi connectivity index (χ1) is 10.3. The lowest BCUT2D eigenvalue weighted by Gasteiger charge is -2.40. The van der Waals surface area contributed by atoms with Crippen molar-refractivity contribution in [1.82, 2.24) is 4.90 Å². The Morgan fingerprint density at radius 3 is 2.23 bits per heavy atom. The SMILES string of the molecule is OC(CCN1CCCC1)(c1ccccc1)C1CCCCC1.[Cl-]. The smallest absolute Gasteiger partial charge is 0.0936 e. The molecule has 1 atom stereocenters. The Balaban J connectivity index is 0.00000176. The molecule has 1 unspecified atom stereocenters. The van der Waals surface area contributed by atoms with Crippen LogP contribution in [0.1, 0.15) is 56.9 Å². The Bertz CT molecular complexity index is 426. The first kappa shape index (κ1) is 17.8. The van der Waals surface area contributed by atoms with Crippen LogP contribution in [0.2, 0.25) is 0 Å². The van der Waals surface area contributed by atoms with E-state index in [1.165, 1.54) is 58.0 Å². The van der Waals surface area contributed by atoms with Crippen LogP contribution in [0.5, 0.6) is 0 Å². The van der Waals surface area contributed by atoms with Crippen molar-refractivity contribution in [2.45, 2.75) is 57.0 Å². The van der Waals surface area contributed by atoms with E-state index < -0.39 is 5.60 Å². The molecule has 3 rings (SSSR count). The van der Waals surface area contributed by atoms with Crippen molar-refractivity contribution in [2.75, 3.05) is 19.6 Å². The molecule has 0 amide bonds. The van der Waals surface area contributed by atoms with Crippen molar-refractivity contribution in [1.29, 1.82) is 0 Å². The minimum Gasteiger partial charge on any atom is -1.00 e. The van der Waals surface area contributed by atoms with Gasteiger partial charge < -0.3 is 22.4 Å². The molecular weight excluding hydrogens is 294 g/mol. The third kappa shape index (κ3) is 4.04. The summed E-state index contributed by atoms with van der Waals surface area (Å²) in [4.78, 5) is 2.52. The first-order valence-corrected chi connectivity index (χ1v) is 8.79. The summed E-state index contributed by atoms with van der Waals surface area (Å²) in [5.74, 6) is 0.441. The molecule has 1 N–H and O–H groups in total. The molecule has 124 valence electrons. The Hall–Kier alpha value is -0.570. The molecule has 1 aromatic rings. The van der Waals surface area contributed by atoms with Gasteiger partial charge in [0.1, 0.15) is 0 Å². The standard InChI is InChI=1S/C19H29NO.ClH/c21-19(17-9-3-1-4-10-17,18-11-5-2-6-12-18)13-16-20-14-7-8-15-20;/h1,3-4,9-10,18,21H,2,5-8,11-16H2;1H/p-1. The largest absolute Gasteiger partial charge is 1.00 e. The third-order valence-electron chi connectivity index (χ3n) is 5.56. The van der Waals surface area contributed by atoms with Crippen LogP contribution in [-0.4, -0.2) is 29.6 Å². The number of nitrogens with zero attached hydrogens (tertiary/aromatic N) is 1. The van der Waals surface area contributed by atoms with E-state index in [2.05, 4.69) is 29.2 Å². The third-order valence-corrected chi connectivity index (χ3v) is 5.56. The zero-order valence-corrected chi connectivity index (χ0v) is 14.3. The van der Waals surface area contributed by atoms with E-state index in [4.69, 9.17) is 0 Å². The average molecular weight is 323 g/mol. The number of hydrogen-bond donors (Lipinski definition) is 1. The van der Waals surface area contributed by atoms with Crippen molar-refractivity contribution >= 4 is 0 Å². The van der Waals surface area contributed by atoms with E-state index in [9.17, 15) is 5.11 Å². The molecule has 1 saturated carbocycles. The number of hydrogen-bond acceptors (Lipinski definition) is 2. The molecule has 1 aliphatic carbocycles. The molecule has 1 aliphatic heterocycles. The topological polar surface area (TPSA) is 23.5 Å². The molecule has 3 heteroatoms. The van der Waals surface area contributed by atoms with Gasteiger partial charge in [0.2, 0.25) is 0 Å². The van der Waals surface area contributed by atoms with Gasteiger partial charge in [-0.3, -0.25) is 0 Å². The zero-order chi connectivity index (χ0) is 14.5. The van der Waals surface area contributed by atoms with E-state index in [1.54, 1.807) is 0 Å². The van der Waals surface area contributed by atoms with Crippen molar-refractivity contribution in [3.05, 3.63) is 35.9 Å². The lowest BCUT2D eigenvalue weighted by molar-refractivity contribution is -0.0510. The minimum atomic E-state index is -0.621. The molecular formula is C19H29ClNO-. The van der Waals surface area contributed by atoms with Crippen molar-refractivity contribution in [3.8, 4) is 0 Å². The number of halogens is 1. The summed E-state index contributed by atoms with van der Waals surface area (Å²) in [5, 5.41) is 11.5. The number of rotatable bonds is 5. The highest BCUT2D eigenvalue weighted by atomic mass is 35.5. The summed E-state index contributed by atoms with van der Waals surface area (Å²) < 4.78 is 0. The lowest BCUT2D eigenvalue weighted by Crippen LogP contribution is -3.00. The predicted octanol–water partition coefficient (Wildman–Crippen LogP) is 0.944. The Morgan fingerprint density at radius 1 is 0.955 bits per heavy atom. The van der Waals surface area contributed by atoms with Crippen LogP contribution in [-0.2, 0) is 5.60 Å². The molecule has 0 bridgehead atoms. The Labute approximate surface area is 141 Å². The van der Waals surface area contributed by atoms with Crippen molar-refractivity contribution in [3.63, 3.8) is 0 Å². The van der Waals surface area contributed by atoms with Crippen molar-refractivity contribution in [2.24, 2.45) is 5.92 Å². The summed E-state index contributed by atoms with van der Waals surface area (Å²) in [5.41, 5.74) is 0.515. The van der Waals surface area contributed by atoms with Gasteiger partial charge in [-0.15, -0.1) is 0 Å². The molecule has 0 aromatic heterocycles. The van der Waals surface area contributed by atoms with Crippen LogP contribution in [0, 0.1) is 5.92 Å². The van der Waals surface area contributed by atoms with Gasteiger partial charge in [-0.2, -0.15) is 0 Å². The monoisotopic (exact) mass is 322 g/mol.